The summed E-state index contributed by atoms with van der Waals surface area (Å²) >= 11 is 0. The first-order chi connectivity index (χ1) is 10.7. The SMILES string of the molecule is CNS(=O)(=O)c1cc(C(=O)Nc2ccc(F)c(C)c2)ccc1F. The molecule has 0 atom stereocenters. The minimum Gasteiger partial charge on any atom is -0.322 e. The molecule has 1 amide bonds. The summed E-state index contributed by atoms with van der Waals surface area (Å²) in [5.41, 5.74) is 0.652. The van der Waals surface area contributed by atoms with Gasteiger partial charge >= 0.3 is 0 Å². The number of amides is 1. The number of carbonyl (C=O) groups is 1. The number of nitrogens with one attached hydrogen (secondary N) is 2. The van der Waals surface area contributed by atoms with Crippen LogP contribution < -0.4 is 10.0 Å². The van der Waals surface area contributed by atoms with Crippen LogP contribution in [-0.2, 0) is 10.0 Å². The van der Waals surface area contributed by atoms with Crippen molar-refractivity contribution in [3.8, 4) is 0 Å². The molecule has 2 aromatic carbocycles. The fourth-order valence-corrected chi connectivity index (χ4v) is 2.71. The number of hydrogen-bond acceptors (Lipinski definition) is 3. The van der Waals surface area contributed by atoms with Crippen molar-refractivity contribution in [2.24, 2.45) is 0 Å². The molecule has 0 bridgehead atoms. The van der Waals surface area contributed by atoms with E-state index in [0.717, 1.165) is 25.2 Å². The fourth-order valence-electron chi connectivity index (χ4n) is 1.89. The molecule has 0 heterocycles. The van der Waals surface area contributed by atoms with Gasteiger partial charge in [-0.1, -0.05) is 0 Å². The summed E-state index contributed by atoms with van der Waals surface area (Å²) in [4.78, 5) is 11.5. The molecule has 0 unspecified atom stereocenters. The second-order valence-corrected chi connectivity index (χ2v) is 6.63. The Hall–Kier alpha value is -2.32. The van der Waals surface area contributed by atoms with Crippen LogP contribution in [0, 0.1) is 18.6 Å². The fraction of sp³-hybridized carbons (Fsp3) is 0.133. The lowest BCUT2D eigenvalue weighted by molar-refractivity contribution is 0.102. The Balaban J connectivity index is 2.33. The smallest absolute Gasteiger partial charge is 0.255 e. The Labute approximate surface area is 132 Å². The number of aryl methyl sites for hydroxylation is 1. The topological polar surface area (TPSA) is 75.3 Å². The van der Waals surface area contributed by atoms with E-state index in [-0.39, 0.29) is 5.56 Å². The molecule has 0 saturated carbocycles. The highest BCUT2D eigenvalue weighted by atomic mass is 32.2. The van der Waals surface area contributed by atoms with Crippen molar-refractivity contribution in [3.63, 3.8) is 0 Å². The molecular weight excluding hydrogens is 326 g/mol. The van der Waals surface area contributed by atoms with Crippen molar-refractivity contribution < 1.29 is 22.0 Å². The summed E-state index contributed by atoms with van der Waals surface area (Å²) in [6.45, 7) is 1.54. The van der Waals surface area contributed by atoms with E-state index in [4.69, 9.17) is 0 Å². The molecule has 2 N–H and O–H groups in total. The average molecular weight is 340 g/mol. The Bertz CT molecular complexity index is 867. The number of hydrogen-bond donors (Lipinski definition) is 2. The minimum absolute atomic E-state index is 0.0396. The molecule has 8 heteroatoms. The van der Waals surface area contributed by atoms with E-state index >= 15 is 0 Å². The number of rotatable bonds is 4. The van der Waals surface area contributed by atoms with Crippen LogP contribution in [0.1, 0.15) is 15.9 Å². The van der Waals surface area contributed by atoms with Gasteiger partial charge < -0.3 is 5.32 Å². The Morgan fingerprint density at radius 3 is 2.30 bits per heavy atom. The van der Waals surface area contributed by atoms with Crippen molar-refractivity contribution >= 4 is 21.6 Å². The van der Waals surface area contributed by atoms with E-state index < -0.39 is 32.5 Å². The van der Waals surface area contributed by atoms with Crippen LogP contribution in [0.3, 0.4) is 0 Å². The zero-order valence-electron chi connectivity index (χ0n) is 12.4. The third kappa shape index (κ3) is 3.72. The summed E-state index contributed by atoms with van der Waals surface area (Å²) in [7, 11) is -2.88. The highest BCUT2D eigenvalue weighted by Crippen LogP contribution is 2.18. The normalized spacial score (nSPS) is 11.3. The molecule has 23 heavy (non-hydrogen) atoms. The molecule has 0 radical (unpaired) electrons. The maximum absolute atomic E-state index is 13.6. The van der Waals surface area contributed by atoms with Crippen molar-refractivity contribution in [3.05, 3.63) is 59.2 Å². The van der Waals surface area contributed by atoms with Crippen LogP contribution in [0.25, 0.3) is 0 Å². The van der Waals surface area contributed by atoms with Crippen molar-refractivity contribution in [1.82, 2.24) is 4.72 Å². The van der Waals surface area contributed by atoms with Gasteiger partial charge in [0.15, 0.2) is 0 Å². The molecule has 0 saturated heterocycles. The van der Waals surface area contributed by atoms with Gasteiger partial charge in [0.2, 0.25) is 10.0 Å². The summed E-state index contributed by atoms with van der Waals surface area (Å²) in [6, 6.07) is 7.00. The maximum Gasteiger partial charge on any atom is 0.255 e. The first kappa shape index (κ1) is 17.0. The number of anilines is 1. The number of carbonyl (C=O) groups excluding carboxylic acids is 1. The van der Waals surface area contributed by atoms with E-state index in [0.29, 0.717) is 11.3 Å². The van der Waals surface area contributed by atoms with Gasteiger partial charge in [-0.3, -0.25) is 4.79 Å². The van der Waals surface area contributed by atoms with Crippen molar-refractivity contribution in [1.29, 1.82) is 0 Å². The molecule has 2 aromatic rings. The predicted molar refractivity (Wildman–Crippen MR) is 81.7 cm³/mol. The molecule has 0 aliphatic carbocycles. The highest BCUT2D eigenvalue weighted by molar-refractivity contribution is 7.89. The van der Waals surface area contributed by atoms with Gasteiger partial charge in [0.25, 0.3) is 5.91 Å². The highest BCUT2D eigenvalue weighted by Gasteiger charge is 2.19. The first-order valence-corrected chi connectivity index (χ1v) is 8.03. The predicted octanol–water partition coefficient (Wildman–Crippen LogP) is 2.43. The van der Waals surface area contributed by atoms with E-state index in [9.17, 15) is 22.0 Å². The maximum atomic E-state index is 13.6. The van der Waals surface area contributed by atoms with Gasteiger partial charge in [-0.05, 0) is 55.9 Å². The zero-order valence-corrected chi connectivity index (χ0v) is 13.2. The molecule has 0 fully saturated rings. The third-order valence-electron chi connectivity index (χ3n) is 3.17. The van der Waals surface area contributed by atoms with Crippen LogP contribution in [0.4, 0.5) is 14.5 Å². The molecule has 5 nitrogen and oxygen atoms in total. The quantitative estimate of drug-likeness (QED) is 0.898. The molecule has 0 aromatic heterocycles. The standard InChI is InChI=1S/C15H14F2N2O3S/c1-9-7-11(4-6-12(9)16)19-15(20)10-3-5-13(17)14(8-10)23(21,22)18-2/h3-8,18H,1-2H3,(H,19,20). The Kier molecular flexibility index (Phi) is 4.76. The number of halogens is 2. The average Bonchev–Trinajstić information content (AvgIpc) is 2.51. The minimum atomic E-state index is -4.02. The Morgan fingerprint density at radius 2 is 1.70 bits per heavy atom. The molecule has 2 rings (SSSR count). The zero-order chi connectivity index (χ0) is 17.2. The van der Waals surface area contributed by atoms with Crippen LogP contribution in [0.15, 0.2) is 41.3 Å². The van der Waals surface area contributed by atoms with E-state index in [1.807, 2.05) is 4.72 Å². The molecule has 0 aliphatic rings. The summed E-state index contributed by atoms with van der Waals surface area (Å²) < 4.78 is 52.3. The lowest BCUT2D eigenvalue weighted by Crippen LogP contribution is -2.21. The molecular formula is C15H14F2N2O3S. The summed E-state index contributed by atoms with van der Waals surface area (Å²) in [6.07, 6.45) is 0. The summed E-state index contributed by atoms with van der Waals surface area (Å²) in [5.74, 6) is -2.01. The van der Waals surface area contributed by atoms with Gasteiger partial charge in [-0.15, -0.1) is 0 Å². The van der Waals surface area contributed by atoms with Crippen molar-refractivity contribution in [2.45, 2.75) is 11.8 Å². The second-order valence-electron chi connectivity index (χ2n) is 4.77. The van der Waals surface area contributed by atoms with Crippen LogP contribution >= 0.6 is 0 Å². The van der Waals surface area contributed by atoms with E-state index in [1.54, 1.807) is 6.92 Å². The van der Waals surface area contributed by atoms with Gasteiger partial charge in [0.1, 0.15) is 16.5 Å². The number of sulfonamides is 1. The van der Waals surface area contributed by atoms with Gasteiger partial charge in [0, 0.05) is 11.3 Å². The van der Waals surface area contributed by atoms with Crippen molar-refractivity contribution in [2.75, 3.05) is 12.4 Å². The van der Waals surface area contributed by atoms with Crippen LogP contribution in [0.5, 0.6) is 0 Å². The summed E-state index contributed by atoms with van der Waals surface area (Å²) in [5, 5.41) is 2.50. The van der Waals surface area contributed by atoms with Crippen LogP contribution in [-0.4, -0.2) is 21.4 Å². The molecule has 0 spiro atoms. The Morgan fingerprint density at radius 1 is 1.04 bits per heavy atom. The molecule has 122 valence electrons. The largest absolute Gasteiger partial charge is 0.322 e. The van der Waals surface area contributed by atoms with E-state index in [2.05, 4.69) is 5.32 Å². The number of benzene rings is 2. The second kappa shape index (κ2) is 6.43. The monoisotopic (exact) mass is 340 g/mol. The van der Waals surface area contributed by atoms with Gasteiger partial charge in [0.05, 0.1) is 0 Å². The van der Waals surface area contributed by atoms with Crippen LogP contribution in [0.2, 0.25) is 0 Å². The third-order valence-corrected chi connectivity index (χ3v) is 4.60. The van der Waals surface area contributed by atoms with E-state index in [1.165, 1.54) is 18.2 Å². The molecule has 0 aliphatic heterocycles. The first-order valence-electron chi connectivity index (χ1n) is 6.55. The lowest BCUT2D eigenvalue weighted by Gasteiger charge is -2.09. The lowest BCUT2D eigenvalue weighted by atomic mass is 10.2. The van der Waals surface area contributed by atoms with Gasteiger partial charge in [-0.25, -0.2) is 21.9 Å². The van der Waals surface area contributed by atoms with Gasteiger partial charge in [-0.2, -0.15) is 0 Å².